The molecule has 2 unspecified atom stereocenters. The maximum absolute atomic E-state index is 10.3. The first-order valence-corrected chi connectivity index (χ1v) is 8.64. The molecule has 19 heavy (non-hydrogen) atoms. The van der Waals surface area contributed by atoms with Gasteiger partial charge in [0.25, 0.3) is 0 Å². The van der Waals surface area contributed by atoms with Crippen molar-refractivity contribution in [2.75, 3.05) is 0 Å². The van der Waals surface area contributed by atoms with Crippen molar-refractivity contribution in [1.29, 1.82) is 0 Å². The zero-order valence-corrected chi connectivity index (χ0v) is 13.6. The van der Waals surface area contributed by atoms with Gasteiger partial charge in [-0.1, -0.05) is 85.0 Å². The second kappa shape index (κ2) is 14.1. The summed E-state index contributed by atoms with van der Waals surface area (Å²) in [7, 11) is 0. The van der Waals surface area contributed by atoms with Crippen molar-refractivity contribution in [1.82, 2.24) is 0 Å². The normalized spacial score (nSPS) is 14.3. The molecular weight excluding hydrogens is 232 g/mol. The maximum atomic E-state index is 10.3. The molecule has 0 saturated carbocycles. The molecule has 0 aromatic heterocycles. The van der Waals surface area contributed by atoms with Crippen LogP contribution in [-0.4, -0.2) is 6.29 Å². The highest BCUT2D eigenvalue weighted by Crippen LogP contribution is 2.20. The van der Waals surface area contributed by atoms with Gasteiger partial charge in [-0.15, -0.1) is 0 Å². The van der Waals surface area contributed by atoms with Crippen molar-refractivity contribution in [2.45, 2.75) is 97.8 Å². The average molecular weight is 268 g/mol. The van der Waals surface area contributed by atoms with E-state index in [0.29, 0.717) is 0 Å². The molecule has 0 N–H and O–H groups in total. The Balaban J connectivity index is 3.31. The van der Waals surface area contributed by atoms with Gasteiger partial charge in [-0.3, -0.25) is 0 Å². The Morgan fingerprint density at radius 1 is 0.737 bits per heavy atom. The second-order valence-corrected chi connectivity index (χ2v) is 6.44. The van der Waals surface area contributed by atoms with E-state index in [9.17, 15) is 4.79 Å². The Labute approximate surface area is 121 Å². The lowest BCUT2D eigenvalue weighted by atomic mass is 9.92. The van der Waals surface area contributed by atoms with Crippen LogP contribution in [0.5, 0.6) is 0 Å². The molecule has 0 amide bonds. The lowest BCUT2D eigenvalue weighted by molar-refractivity contribution is -0.107. The van der Waals surface area contributed by atoms with Gasteiger partial charge >= 0.3 is 0 Å². The van der Waals surface area contributed by atoms with Crippen LogP contribution in [0.25, 0.3) is 0 Å². The molecule has 0 rings (SSSR count). The van der Waals surface area contributed by atoms with Crippen molar-refractivity contribution in [3.63, 3.8) is 0 Å². The lowest BCUT2D eigenvalue weighted by Gasteiger charge is -2.14. The van der Waals surface area contributed by atoms with E-state index in [4.69, 9.17) is 0 Å². The first-order valence-electron chi connectivity index (χ1n) is 8.64. The van der Waals surface area contributed by atoms with Gasteiger partial charge < -0.3 is 4.79 Å². The van der Waals surface area contributed by atoms with Gasteiger partial charge in [0.2, 0.25) is 0 Å². The number of hydrogen-bond acceptors (Lipinski definition) is 1. The van der Waals surface area contributed by atoms with Crippen LogP contribution in [0.1, 0.15) is 97.8 Å². The van der Waals surface area contributed by atoms with Crippen LogP contribution in [0.4, 0.5) is 0 Å². The fourth-order valence-corrected chi connectivity index (χ4v) is 2.75. The SMILES string of the molecule is CCCCCCCC(C)CCCC(C)CCCC=O. The van der Waals surface area contributed by atoms with Crippen LogP contribution >= 0.6 is 0 Å². The Hall–Kier alpha value is -0.330. The van der Waals surface area contributed by atoms with Crippen LogP contribution in [-0.2, 0) is 4.79 Å². The number of aldehydes is 1. The summed E-state index contributed by atoms with van der Waals surface area (Å²) in [6.07, 6.45) is 16.7. The van der Waals surface area contributed by atoms with E-state index >= 15 is 0 Å². The summed E-state index contributed by atoms with van der Waals surface area (Å²) >= 11 is 0. The number of unbranched alkanes of at least 4 members (excludes halogenated alkanes) is 5. The molecule has 0 bridgehead atoms. The van der Waals surface area contributed by atoms with Gasteiger partial charge in [0, 0.05) is 6.42 Å². The molecule has 1 heteroatoms. The molecule has 0 aromatic carbocycles. The monoisotopic (exact) mass is 268 g/mol. The number of carbonyl (C=O) groups is 1. The first kappa shape index (κ1) is 18.7. The fourth-order valence-electron chi connectivity index (χ4n) is 2.75. The molecule has 114 valence electrons. The molecule has 0 aliphatic heterocycles. The van der Waals surface area contributed by atoms with Gasteiger partial charge in [-0.05, 0) is 18.3 Å². The topological polar surface area (TPSA) is 17.1 Å². The van der Waals surface area contributed by atoms with Crippen LogP contribution in [0.15, 0.2) is 0 Å². The number of hydrogen-bond donors (Lipinski definition) is 0. The highest BCUT2D eigenvalue weighted by molar-refractivity contribution is 5.48. The van der Waals surface area contributed by atoms with Crippen molar-refractivity contribution in [2.24, 2.45) is 11.8 Å². The summed E-state index contributed by atoms with van der Waals surface area (Å²) in [6, 6.07) is 0. The number of rotatable bonds is 14. The largest absolute Gasteiger partial charge is 0.303 e. The number of carbonyl (C=O) groups excluding carboxylic acids is 1. The third-order valence-corrected chi connectivity index (χ3v) is 4.21. The van der Waals surface area contributed by atoms with Crippen molar-refractivity contribution in [3.05, 3.63) is 0 Å². The summed E-state index contributed by atoms with van der Waals surface area (Å²) in [4.78, 5) is 10.3. The zero-order chi connectivity index (χ0) is 14.3. The second-order valence-electron chi connectivity index (χ2n) is 6.44. The molecule has 2 atom stereocenters. The smallest absolute Gasteiger partial charge is 0.119 e. The van der Waals surface area contributed by atoms with E-state index in [0.717, 1.165) is 31.0 Å². The molecule has 0 aromatic rings. The van der Waals surface area contributed by atoms with Crippen LogP contribution < -0.4 is 0 Å². The Morgan fingerprint density at radius 2 is 1.26 bits per heavy atom. The van der Waals surface area contributed by atoms with Crippen LogP contribution in [0.3, 0.4) is 0 Å². The summed E-state index contributed by atoms with van der Waals surface area (Å²) in [5, 5.41) is 0. The molecule has 0 fully saturated rings. The predicted molar refractivity (Wildman–Crippen MR) is 85.5 cm³/mol. The summed E-state index contributed by atoms with van der Waals surface area (Å²) < 4.78 is 0. The maximum Gasteiger partial charge on any atom is 0.119 e. The molecule has 0 aliphatic rings. The lowest BCUT2D eigenvalue weighted by Crippen LogP contribution is -1.99. The summed E-state index contributed by atoms with van der Waals surface area (Å²) in [5.74, 6) is 1.71. The highest BCUT2D eigenvalue weighted by Gasteiger charge is 2.05. The molecule has 1 nitrogen and oxygen atoms in total. The standard InChI is InChI=1S/C18H36O/c1-4-5-6-7-8-12-17(2)14-11-15-18(3)13-9-10-16-19/h16-18H,4-15H2,1-3H3. The average Bonchev–Trinajstić information content (AvgIpc) is 2.39. The predicted octanol–water partition coefficient (Wildman–Crippen LogP) is 6.16. The zero-order valence-electron chi connectivity index (χ0n) is 13.6. The summed E-state index contributed by atoms with van der Waals surface area (Å²) in [6.45, 7) is 7.02. The first-order chi connectivity index (χ1) is 9.20. The van der Waals surface area contributed by atoms with Gasteiger partial charge in [-0.2, -0.15) is 0 Å². The van der Waals surface area contributed by atoms with Crippen molar-refractivity contribution in [3.8, 4) is 0 Å². The molecule has 0 radical (unpaired) electrons. The third kappa shape index (κ3) is 13.9. The van der Waals surface area contributed by atoms with E-state index in [2.05, 4.69) is 20.8 Å². The Kier molecular flexibility index (Phi) is 13.8. The van der Waals surface area contributed by atoms with E-state index < -0.39 is 0 Å². The molecule has 0 saturated heterocycles. The van der Waals surface area contributed by atoms with Gasteiger partial charge in [0.1, 0.15) is 6.29 Å². The Bertz CT molecular complexity index is 188. The minimum Gasteiger partial charge on any atom is -0.303 e. The molecular formula is C18H36O. The Morgan fingerprint density at radius 3 is 1.84 bits per heavy atom. The molecule has 0 aliphatic carbocycles. The van der Waals surface area contributed by atoms with Crippen molar-refractivity contribution < 1.29 is 4.79 Å². The van der Waals surface area contributed by atoms with Crippen molar-refractivity contribution >= 4 is 6.29 Å². The van der Waals surface area contributed by atoms with Crippen LogP contribution in [0.2, 0.25) is 0 Å². The fraction of sp³-hybridized carbons (Fsp3) is 0.944. The highest BCUT2D eigenvalue weighted by atomic mass is 16.1. The van der Waals surface area contributed by atoms with E-state index in [1.54, 1.807) is 0 Å². The van der Waals surface area contributed by atoms with Gasteiger partial charge in [0.15, 0.2) is 0 Å². The molecule has 0 heterocycles. The van der Waals surface area contributed by atoms with Gasteiger partial charge in [-0.25, -0.2) is 0 Å². The third-order valence-electron chi connectivity index (χ3n) is 4.21. The van der Waals surface area contributed by atoms with Crippen LogP contribution in [0, 0.1) is 11.8 Å². The molecule has 0 spiro atoms. The minimum absolute atomic E-state index is 0.749. The van der Waals surface area contributed by atoms with E-state index in [-0.39, 0.29) is 0 Å². The van der Waals surface area contributed by atoms with E-state index in [1.165, 1.54) is 64.2 Å². The quantitative estimate of drug-likeness (QED) is 0.272. The minimum atomic E-state index is 0.749. The van der Waals surface area contributed by atoms with Gasteiger partial charge in [0.05, 0.1) is 0 Å². The van der Waals surface area contributed by atoms with E-state index in [1.807, 2.05) is 0 Å². The summed E-state index contributed by atoms with van der Waals surface area (Å²) in [5.41, 5.74) is 0.